The lowest BCUT2D eigenvalue weighted by atomic mass is 9.93. The molecular formula is C19H21N5O2. The highest BCUT2D eigenvalue weighted by Crippen LogP contribution is 2.26. The van der Waals surface area contributed by atoms with Crippen LogP contribution in [0.1, 0.15) is 36.0 Å². The lowest BCUT2D eigenvalue weighted by Gasteiger charge is -2.26. The van der Waals surface area contributed by atoms with Crippen molar-refractivity contribution in [2.24, 2.45) is 5.73 Å². The molecule has 1 saturated carbocycles. The number of primary amides is 1. The molecule has 2 heterocycles. The highest BCUT2D eigenvalue weighted by atomic mass is 16.3. The van der Waals surface area contributed by atoms with Crippen LogP contribution in [0.25, 0.3) is 16.8 Å². The Labute approximate surface area is 150 Å². The molecule has 4 rings (SSSR count). The third kappa shape index (κ3) is 3.25. The number of aliphatic hydroxyl groups is 1. The van der Waals surface area contributed by atoms with Gasteiger partial charge in [-0.25, -0.2) is 9.50 Å². The molecule has 1 aliphatic carbocycles. The SMILES string of the molecule is NC(=O)c1cccc(-c2cnn3ccc(NC4CCC(O)CC4)nc23)c1. The molecule has 26 heavy (non-hydrogen) atoms. The molecular weight excluding hydrogens is 330 g/mol. The van der Waals surface area contributed by atoms with Crippen molar-refractivity contribution in [3.63, 3.8) is 0 Å². The van der Waals surface area contributed by atoms with Gasteiger partial charge in [0.25, 0.3) is 0 Å². The van der Waals surface area contributed by atoms with Gasteiger partial charge in [0.1, 0.15) is 5.82 Å². The Kier molecular flexibility index (Phi) is 4.30. The number of carbonyl (C=O) groups excluding carboxylic acids is 1. The first kappa shape index (κ1) is 16.5. The molecule has 0 atom stereocenters. The Morgan fingerprint density at radius 1 is 1.23 bits per heavy atom. The van der Waals surface area contributed by atoms with Crippen LogP contribution in [0.2, 0.25) is 0 Å². The third-order valence-corrected chi connectivity index (χ3v) is 4.88. The van der Waals surface area contributed by atoms with Gasteiger partial charge in [-0.2, -0.15) is 5.10 Å². The molecule has 7 nitrogen and oxygen atoms in total. The fourth-order valence-corrected chi connectivity index (χ4v) is 3.42. The van der Waals surface area contributed by atoms with Crippen LogP contribution in [0, 0.1) is 0 Å². The van der Waals surface area contributed by atoms with E-state index < -0.39 is 5.91 Å². The summed E-state index contributed by atoms with van der Waals surface area (Å²) in [5, 5.41) is 17.4. The number of nitrogens with two attached hydrogens (primary N) is 1. The van der Waals surface area contributed by atoms with E-state index in [1.165, 1.54) is 0 Å². The second kappa shape index (κ2) is 6.76. The standard InChI is InChI=1S/C19H21N5O2/c20-18(26)13-3-1-2-12(10-13)16-11-21-24-9-8-17(23-19(16)24)22-14-4-6-15(25)7-5-14/h1-3,8-11,14-15,25H,4-7H2,(H2,20,26)(H,22,23). The molecule has 1 aliphatic rings. The number of hydrogen-bond donors (Lipinski definition) is 3. The number of rotatable bonds is 4. The highest BCUT2D eigenvalue weighted by Gasteiger charge is 2.20. The van der Waals surface area contributed by atoms with Crippen LogP contribution in [-0.4, -0.2) is 37.8 Å². The van der Waals surface area contributed by atoms with Crippen molar-refractivity contribution in [2.45, 2.75) is 37.8 Å². The number of benzene rings is 1. The molecule has 0 unspecified atom stereocenters. The molecule has 134 valence electrons. The first-order valence-corrected chi connectivity index (χ1v) is 8.79. The van der Waals surface area contributed by atoms with Gasteiger partial charge < -0.3 is 16.2 Å². The zero-order valence-corrected chi connectivity index (χ0v) is 14.3. The summed E-state index contributed by atoms with van der Waals surface area (Å²) in [7, 11) is 0. The lowest BCUT2D eigenvalue weighted by Crippen LogP contribution is -2.28. The van der Waals surface area contributed by atoms with Crippen LogP contribution >= 0.6 is 0 Å². The first-order chi connectivity index (χ1) is 12.6. The normalized spacial score (nSPS) is 20.2. The van der Waals surface area contributed by atoms with Gasteiger partial charge in [-0.1, -0.05) is 12.1 Å². The van der Waals surface area contributed by atoms with E-state index >= 15 is 0 Å². The molecule has 0 bridgehead atoms. The minimum absolute atomic E-state index is 0.178. The van der Waals surface area contributed by atoms with E-state index in [0.29, 0.717) is 17.3 Å². The summed E-state index contributed by atoms with van der Waals surface area (Å²) >= 11 is 0. The average molecular weight is 351 g/mol. The molecule has 4 N–H and O–H groups in total. The quantitative estimate of drug-likeness (QED) is 0.668. The number of carbonyl (C=O) groups is 1. The summed E-state index contributed by atoms with van der Waals surface area (Å²) in [5.41, 5.74) is 8.25. The monoisotopic (exact) mass is 351 g/mol. The molecule has 0 saturated heterocycles. The van der Waals surface area contributed by atoms with Crippen LogP contribution in [0.4, 0.5) is 5.82 Å². The fraction of sp³-hybridized carbons (Fsp3) is 0.316. The predicted octanol–water partition coefficient (Wildman–Crippen LogP) is 2.21. The van der Waals surface area contributed by atoms with Crippen molar-refractivity contribution in [2.75, 3.05) is 5.32 Å². The van der Waals surface area contributed by atoms with Crippen molar-refractivity contribution >= 4 is 17.4 Å². The van der Waals surface area contributed by atoms with Crippen LogP contribution < -0.4 is 11.1 Å². The zero-order chi connectivity index (χ0) is 18.1. The van der Waals surface area contributed by atoms with E-state index in [0.717, 1.165) is 42.6 Å². The van der Waals surface area contributed by atoms with E-state index in [1.807, 2.05) is 18.3 Å². The number of nitrogens with zero attached hydrogens (tertiary/aromatic N) is 3. The van der Waals surface area contributed by atoms with Gasteiger partial charge in [-0.05, 0) is 49.4 Å². The average Bonchev–Trinajstić information content (AvgIpc) is 3.07. The van der Waals surface area contributed by atoms with E-state index in [1.54, 1.807) is 28.9 Å². The van der Waals surface area contributed by atoms with Crippen LogP contribution in [0.15, 0.2) is 42.7 Å². The van der Waals surface area contributed by atoms with E-state index in [-0.39, 0.29) is 6.10 Å². The van der Waals surface area contributed by atoms with E-state index in [9.17, 15) is 9.90 Å². The third-order valence-electron chi connectivity index (χ3n) is 4.88. The molecule has 0 spiro atoms. The van der Waals surface area contributed by atoms with Crippen LogP contribution in [0.5, 0.6) is 0 Å². The summed E-state index contributed by atoms with van der Waals surface area (Å²) < 4.78 is 1.71. The Balaban J connectivity index is 1.64. The number of hydrogen-bond acceptors (Lipinski definition) is 5. The lowest BCUT2D eigenvalue weighted by molar-refractivity contribution is 0.1000. The summed E-state index contributed by atoms with van der Waals surface area (Å²) in [6, 6.07) is 9.37. The van der Waals surface area contributed by atoms with Gasteiger partial charge in [0.05, 0.1) is 12.3 Å². The van der Waals surface area contributed by atoms with Gasteiger partial charge in [0.2, 0.25) is 5.91 Å². The second-order valence-electron chi connectivity index (χ2n) is 6.73. The topological polar surface area (TPSA) is 106 Å². The second-order valence-corrected chi connectivity index (χ2v) is 6.73. The minimum atomic E-state index is -0.460. The minimum Gasteiger partial charge on any atom is -0.393 e. The fourth-order valence-electron chi connectivity index (χ4n) is 3.42. The van der Waals surface area contributed by atoms with Crippen LogP contribution in [-0.2, 0) is 0 Å². The number of fused-ring (bicyclic) bond motifs is 1. The Morgan fingerprint density at radius 3 is 2.81 bits per heavy atom. The van der Waals surface area contributed by atoms with Crippen molar-refractivity contribution in [1.29, 1.82) is 0 Å². The molecule has 1 fully saturated rings. The molecule has 0 radical (unpaired) electrons. The van der Waals surface area contributed by atoms with Gasteiger partial charge in [-0.15, -0.1) is 0 Å². The maximum Gasteiger partial charge on any atom is 0.248 e. The van der Waals surface area contributed by atoms with Gasteiger partial charge in [0.15, 0.2) is 5.65 Å². The Bertz CT molecular complexity index is 944. The zero-order valence-electron chi connectivity index (χ0n) is 14.3. The number of amides is 1. The summed E-state index contributed by atoms with van der Waals surface area (Å²) in [6.07, 6.45) is 6.92. The molecule has 7 heteroatoms. The molecule has 1 amide bonds. The van der Waals surface area contributed by atoms with E-state index in [2.05, 4.69) is 10.4 Å². The first-order valence-electron chi connectivity index (χ1n) is 8.79. The number of aromatic nitrogens is 3. The van der Waals surface area contributed by atoms with E-state index in [4.69, 9.17) is 10.7 Å². The van der Waals surface area contributed by atoms with Crippen molar-refractivity contribution in [1.82, 2.24) is 14.6 Å². The molecule has 2 aromatic heterocycles. The Morgan fingerprint density at radius 2 is 2.04 bits per heavy atom. The predicted molar refractivity (Wildman–Crippen MR) is 98.8 cm³/mol. The van der Waals surface area contributed by atoms with Gasteiger partial charge in [-0.3, -0.25) is 4.79 Å². The van der Waals surface area contributed by atoms with Crippen LogP contribution in [0.3, 0.4) is 0 Å². The van der Waals surface area contributed by atoms with Gasteiger partial charge >= 0.3 is 0 Å². The molecule has 3 aromatic rings. The van der Waals surface area contributed by atoms with Crippen molar-refractivity contribution in [3.8, 4) is 11.1 Å². The summed E-state index contributed by atoms with van der Waals surface area (Å²) in [5.74, 6) is 0.324. The largest absolute Gasteiger partial charge is 0.393 e. The Hall–Kier alpha value is -2.93. The van der Waals surface area contributed by atoms with Crippen molar-refractivity contribution in [3.05, 3.63) is 48.3 Å². The maximum absolute atomic E-state index is 11.4. The number of nitrogens with one attached hydrogen (secondary N) is 1. The number of aliphatic hydroxyl groups excluding tert-OH is 1. The number of anilines is 1. The summed E-state index contributed by atoms with van der Waals surface area (Å²) in [6.45, 7) is 0. The highest BCUT2D eigenvalue weighted by molar-refractivity contribution is 5.94. The molecule has 0 aliphatic heterocycles. The van der Waals surface area contributed by atoms with Gasteiger partial charge in [0, 0.05) is 23.4 Å². The summed E-state index contributed by atoms with van der Waals surface area (Å²) in [4.78, 5) is 16.2. The van der Waals surface area contributed by atoms with Crippen molar-refractivity contribution < 1.29 is 9.90 Å². The smallest absolute Gasteiger partial charge is 0.248 e. The molecule has 1 aromatic carbocycles. The maximum atomic E-state index is 11.4.